The Morgan fingerprint density at radius 1 is 1.12 bits per heavy atom. The van der Waals surface area contributed by atoms with E-state index in [1.807, 2.05) is 6.20 Å². The molecule has 4 rings (SSSR count). The second-order valence-electron chi connectivity index (χ2n) is 7.99. The van der Waals surface area contributed by atoms with Crippen molar-refractivity contribution in [1.29, 1.82) is 0 Å². The summed E-state index contributed by atoms with van der Waals surface area (Å²) < 4.78 is 4.54. The van der Waals surface area contributed by atoms with Gasteiger partial charge in [-0.1, -0.05) is 19.3 Å². The summed E-state index contributed by atoms with van der Waals surface area (Å²) in [6.07, 6.45) is 17.8. The molecule has 1 saturated heterocycles. The van der Waals surface area contributed by atoms with Gasteiger partial charge >= 0.3 is 0 Å². The lowest BCUT2D eigenvalue weighted by Gasteiger charge is -2.32. The van der Waals surface area contributed by atoms with Gasteiger partial charge < -0.3 is 4.57 Å². The van der Waals surface area contributed by atoms with Gasteiger partial charge in [0.05, 0.1) is 12.2 Å². The van der Waals surface area contributed by atoms with Gasteiger partial charge in [0.2, 0.25) is 0 Å². The largest absolute Gasteiger partial charge is 0.335 e. The Bertz CT molecular complexity index is 667. The van der Waals surface area contributed by atoms with Crippen LogP contribution in [-0.4, -0.2) is 37.3 Å². The SMILES string of the molecule is Cc1nccn1CC1CCCN(Cc2cnn(C3CCCCC3)c2)C1. The van der Waals surface area contributed by atoms with Gasteiger partial charge in [-0.25, -0.2) is 4.98 Å². The highest BCUT2D eigenvalue weighted by Crippen LogP contribution is 2.28. The molecule has 5 nitrogen and oxygen atoms in total. The van der Waals surface area contributed by atoms with E-state index in [4.69, 9.17) is 0 Å². The minimum atomic E-state index is 0.640. The molecular weight excluding hydrogens is 310 g/mol. The second-order valence-corrected chi connectivity index (χ2v) is 7.99. The molecular formula is C20H31N5. The molecule has 25 heavy (non-hydrogen) atoms. The molecule has 0 radical (unpaired) electrons. The number of rotatable bonds is 5. The fourth-order valence-corrected chi connectivity index (χ4v) is 4.58. The standard InChI is InChI=1S/C20H31N5/c1-17-21-9-11-24(17)15-18-6-5-10-23(13-18)14-19-12-22-25(16-19)20-7-3-2-4-8-20/h9,11-12,16,18,20H,2-8,10,13-15H2,1H3. The van der Waals surface area contributed by atoms with Crippen molar-refractivity contribution in [2.45, 2.75) is 71.0 Å². The zero-order chi connectivity index (χ0) is 17.1. The molecule has 0 spiro atoms. The van der Waals surface area contributed by atoms with Crippen LogP contribution in [0.3, 0.4) is 0 Å². The van der Waals surface area contributed by atoms with Gasteiger partial charge in [-0.05, 0) is 45.1 Å². The molecule has 1 saturated carbocycles. The van der Waals surface area contributed by atoms with Crippen molar-refractivity contribution in [3.8, 4) is 0 Å². The van der Waals surface area contributed by atoms with Crippen molar-refractivity contribution < 1.29 is 0 Å². The number of imidazole rings is 1. The Morgan fingerprint density at radius 2 is 2.00 bits per heavy atom. The highest BCUT2D eigenvalue weighted by atomic mass is 15.3. The molecule has 0 amide bonds. The van der Waals surface area contributed by atoms with Crippen molar-refractivity contribution in [1.82, 2.24) is 24.2 Å². The third-order valence-corrected chi connectivity index (χ3v) is 5.99. The Kier molecular flexibility index (Phi) is 5.20. The normalized spacial score (nSPS) is 23.2. The summed E-state index contributed by atoms with van der Waals surface area (Å²) in [7, 11) is 0. The summed E-state index contributed by atoms with van der Waals surface area (Å²) in [5.74, 6) is 1.86. The molecule has 0 aromatic carbocycles. The lowest BCUT2D eigenvalue weighted by molar-refractivity contribution is 0.155. The van der Waals surface area contributed by atoms with Gasteiger partial charge in [-0.2, -0.15) is 5.10 Å². The van der Waals surface area contributed by atoms with Crippen LogP contribution in [0.5, 0.6) is 0 Å². The Hall–Kier alpha value is -1.62. The Morgan fingerprint density at radius 3 is 2.80 bits per heavy atom. The lowest BCUT2D eigenvalue weighted by Crippen LogP contribution is -2.36. The van der Waals surface area contributed by atoms with Crippen LogP contribution in [0.2, 0.25) is 0 Å². The van der Waals surface area contributed by atoms with E-state index in [2.05, 4.69) is 49.7 Å². The summed E-state index contributed by atoms with van der Waals surface area (Å²) >= 11 is 0. The van der Waals surface area contributed by atoms with Crippen molar-refractivity contribution >= 4 is 0 Å². The van der Waals surface area contributed by atoms with Gasteiger partial charge in [-0.15, -0.1) is 0 Å². The number of likely N-dealkylation sites (tertiary alicyclic amines) is 1. The zero-order valence-electron chi connectivity index (χ0n) is 15.5. The first-order valence-electron chi connectivity index (χ1n) is 10.0. The molecule has 2 aliphatic rings. The van der Waals surface area contributed by atoms with Crippen LogP contribution in [0.4, 0.5) is 0 Å². The second kappa shape index (κ2) is 7.73. The first kappa shape index (κ1) is 16.8. The van der Waals surface area contributed by atoms with E-state index in [-0.39, 0.29) is 0 Å². The molecule has 1 aliphatic heterocycles. The summed E-state index contributed by atoms with van der Waals surface area (Å²) in [5.41, 5.74) is 1.38. The monoisotopic (exact) mass is 341 g/mol. The van der Waals surface area contributed by atoms with Crippen LogP contribution < -0.4 is 0 Å². The van der Waals surface area contributed by atoms with E-state index in [0.717, 1.165) is 24.8 Å². The summed E-state index contributed by atoms with van der Waals surface area (Å²) in [6, 6.07) is 0.640. The fourth-order valence-electron chi connectivity index (χ4n) is 4.58. The maximum atomic E-state index is 4.67. The number of hydrogen-bond donors (Lipinski definition) is 0. The van der Waals surface area contributed by atoms with Crippen molar-refractivity contribution in [2.24, 2.45) is 5.92 Å². The smallest absolute Gasteiger partial charge is 0.105 e. The predicted octanol–water partition coefficient (Wildman–Crippen LogP) is 3.81. The molecule has 5 heteroatoms. The first-order valence-corrected chi connectivity index (χ1v) is 10.0. The maximum Gasteiger partial charge on any atom is 0.105 e. The quantitative estimate of drug-likeness (QED) is 0.830. The molecule has 1 aliphatic carbocycles. The Labute approximate surface area is 151 Å². The van der Waals surface area contributed by atoms with E-state index >= 15 is 0 Å². The van der Waals surface area contributed by atoms with Gasteiger partial charge in [-0.3, -0.25) is 9.58 Å². The van der Waals surface area contributed by atoms with Gasteiger partial charge in [0.1, 0.15) is 5.82 Å². The predicted molar refractivity (Wildman–Crippen MR) is 99.3 cm³/mol. The van der Waals surface area contributed by atoms with Crippen molar-refractivity contribution in [3.63, 3.8) is 0 Å². The van der Waals surface area contributed by atoms with Crippen LogP contribution in [0.15, 0.2) is 24.8 Å². The Balaban J connectivity index is 1.33. The molecule has 1 unspecified atom stereocenters. The van der Waals surface area contributed by atoms with Crippen LogP contribution in [0.25, 0.3) is 0 Å². The summed E-state index contributed by atoms with van der Waals surface area (Å²) in [6.45, 7) is 6.65. The molecule has 3 heterocycles. The topological polar surface area (TPSA) is 38.9 Å². The average molecular weight is 342 g/mol. The van der Waals surface area contributed by atoms with Gasteiger partial charge in [0.15, 0.2) is 0 Å². The fraction of sp³-hybridized carbons (Fsp3) is 0.700. The van der Waals surface area contributed by atoms with E-state index in [9.17, 15) is 0 Å². The van der Waals surface area contributed by atoms with Crippen LogP contribution in [0.1, 0.15) is 62.4 Å². The molecule has 0 bridgehead atoms. The number of aryl methyl sites for hydroxylation is 1. The average Bonchev–Trinajstić information content (AvgIpc) is 3.26. The highest BCUT2D eigenvalue weighted by Gasteiger charge is 2.22. The van der Waals surface area contributed by atoms with Crippen molar-refractivity contribution in [3.05, 3.63) is 36.2 Å². The van der Waals surface area contributed by atoms with Gasteiger partial charge in [0, 0.05) is 43.8 Å². The van der Waals surface area contributed by atoms with E-state index in [1.54, 1.807) is 0 Å². The van der Waals surface area contributed by atoms with E-state index in [0.29, 0.717) is 6.04 Å². The molecule has 1 atom stereocenters. The minimum absolute atomic E-state index is 0.640. The van der Waals surface area contributed by atoms with Crippen LogP contribution in [0, 0.1) is 12.8 Å². The zero-order valence-corrected chi connectivity index (χ0v) is 15.5. The molecule has 2 fully saturated rings. The third-order valence-electron chi connectivity index (χ3n) is 5.99. The van der Waals surface area contributed by atoms with Crippen LogP contribution >= 0.6 is 0 Å². The number of piperidine rings is 1. The number of hydrogen-bond acceptors (Lipinski definition) is 3. The molecule has 136 valence electrons. The number of nitrogens with zero attached hydrogens (tertiary/aromatic N) is 5. The summed E-state index contributed by atoms with van der Waals surface area (Å²) in [5, 5.41) is 4.67. The number of aromatic nitrogens is 4. The van der Waals surface area contributed by atoms with Crippen molar-refractivity contribution in [2.75, 3.05) is 13.1 Å². The van der Waals surface area contributed by atoms with Gasteiger partial charge in [0.25, 0.3) is 0 Å². The summed E-state index contributed by atoms with van der Waals surface area (Å²) in [4.78, 5) is 6.97. The molecule has 0 N–H and O–H groups in total. The third kappa shape index (κ3) is 4.14. The van der Waals surface area contributed by atoms with E-state index < -0.39 is 0 Å². The minimum Gasteiger partial charge on any atom is -0.335 e. The maximum absolute atomic E-state index is 4.67. The lowest BCUT2D eigenvalue weighted by atomic mass is 9.96. The van der Waals surface area contributed by atoms with E-state index in [1.165, 1.54) is 63.6 Å². The molecule has 2 aromatic rings. The highest BCUT2D eigenvalue weighted by molar-refractivity contribution is 5.05. The first-order chi connectivity index (χ1) is 12.3. The molecule has 2 aromatic heterocycles. The van der Waals surface area contributed by atoms with Crippen LogP contribution in [-0.2, 0) is 13.1 Å².